The molecule has 0 spiro atoms. The number of hydrazine groups is 1. The Kier molecular flexibility index (Phi) is 4.87. The van der Waals surface area contributed by atoms with E-state index >= 15 is 0 Å². The van der Waals surface area contributed by atoms with Crippen LogP contribution in [0.2, 0.25) is 5.02 Å². The minimum Gasteiger partial charge on any atom is -0.422 e. The molecule has 0 aliphatic heterocycles. The molecule has 1 heterocycles. The molecule has 2 aromatic carbocycles. The molecule has 2 amide bonds. The Labute approximate surface area is 154 Å². The number of nitrogens with one attached hydrogen (secondary N) is 2. The van der Waals surface area contributed by atoms with Crippen molar-refractivity contribution in [1.29, 1.82) is 0 Å². The average molecular weight is 422 g/mol. The monoisotopic (exact) mass is 420 g/mol. The van der Waals surface area contributed by atoms with Gasteiger partial charge >= 0.3 is 5.63 Å². The summed E-state index contributed by atoms with van der Waals surface area (Å²) in [7, 11) is 0. The van der Waals surface area contributed by atoms with Crippen LogP contribution in [0.15, 0.2) is 62.2 Å². The summed E-state index contributed by atoms with van der Waals surface area (Å²) in [5, 5.41) is 1.06. The summed E-state index contributed by atoms with van der Waals surface area (Å²) >= 11 is 9.06. The second-order valence-electron chi connectivity index (χ2n) is 5.04. The quantitative estimate of drug-likeness (QED) is 0.491. The van der Waals surface area contributed by atoms with E-state index in [2.05, 4.69) is 26.8 Å². The zero-order valence-electron chi connectivity index (χ0n) is 12.5. The zero-order chi connectivity index (χ0) is 18.0. The molecule has 0 saturated heterocycles. The first kappa shape index (κ1) is 17.2. The maximum absolute atomic E-state index is 12.2. The molecule has 0 atom stereocenters. The first-order valence-corrected chi connectivity index (χ1v) is 8.21. The Morgan fingerprint density at radius 3 is 2.36 bits per heavy atom. The molecule has 0 aliphatic rings. The van der Waals surface area contributed by atoms with Gasteiger partial charge in [0, 0.05) is 20.4 Å². The molecule has 25 heavy (non-hydrogen) atoms. The summed E-state index contributed by atoms with van der Waals surface area (Å²) in [5.74, 6) is -1.32. The van der Waals surface area contributed by atoms with E-state index in [1.807, 2.05) is 0 Å². The standard InChI is InChI=1S/C17H10BrClN2O4/c18-11-3-6-14-10(7-11)8-13(17(24)25-14)16(23)21-20-15(22)9-1-4-12(19)5-2-9/h1-8H,(H,20,22)(H,21,23). The van der Waals surface area contributed by atoms with Gasteiger partial charge in [-0.3, -0.25) is 20.4 Å². The Bertz CT molecular complexity index is 1030. The summed E-state index contributed by atoms with van der Waals surface area (Å²) in [6.07, 6.45) is 0. The van der Waals surface area contributed by atoms with E-state index in [1.165, 1.54) is 18.2 Å². The number of amides is 2. The maximum atomic E-state index is 12.2. The first-order chi connectivity index (χ1) is 11.9. The SMILES string of the molecule is O=C(NNC(=O)c1cc2cc(Br)ccc2oc1=O)c1ccc(Cl)cc1. The third-order valence-electron chi connectivity index (χ3n) is 3.33. The summed E-state index contributed by atoms with van der Waals surface area (Å²) in [4.78, 5) is 36.1. The number of fused-ring (bicyclic) bond motifs is 1. The van der Waals surface area contributed by atoms with E-state index in [9.17, 15) is 14.4 Å². The van der Waals surface area contributed by atoms with Crippen molar-refractivity contribution in [3.63, 3.8) is 0 Å². The highest BCUT2D eigenvalue weighted by Gasteiger charge is 2.15. The molecule has 8 heteroatoms. The number of carbonyl (C=O) groups excluding carboxylic acids is 2. The molecule has 6 nitrogen and oxygen atoms in total. The fraction of sp³-hybridized carbons (Fsp3) is 0. The van der Waals surface area contributed by atoms with Crippen LogP contribution in [-0.4, -0.2) is 11.8 Å². The highest BCUT2D eigenvalue weighted by molar-refractivity contribution is 9.10. The lowest BCUT2D eigenvalue weighted by Crippen LogP contribution is -2.43. The number of benzene rings is 2. The van der Waals surface area contributed by atoms with Crippen LogP contribution < -0.4 is 16.5 Å². The van der Waals surface area contributed by atoms with Crippen LogP contribution in [0.5, 0.6) is 0 Å². The van der Waals surface area contributed by atoms with Crippen LogP contribution in [0.25, 0.3) is 11.0 Å². The van der Waals surface area contributed by atoms with Gasteiger partial charge in [0.25, 0.3) is 11.8 Å². The van der Waals surface area contributed by atoms with Crippen molar-refractivity contribution < 1.29 is 14.0 Å². The van der Waals surface area contributed by atoms with Crippen molar-refractivity contribution in [1.82, 2.24) is 10.9 Å². The summed E-state index contributed by atoms with van der Waals surface area (Å²) < 4.78 is 5.88. The van der Waals surface area contributed by atoms with Gasteiger partial charge < -0.3 is 4.42 Å². The van der Waals surface area contributed by atoms with Crippen LogP contribution in [0.1, 0.15) is 20.7 Å². The van der Waals surface area contributed by atoms with Gasteiger partial charge in [-0.1, -0.05) is 27.5 Å². The van der Waals surface area contributed by atoms with Crippen molar-refractivity contribution in [3.8, 4) is 0 Å². The van der Waals surface area contributed by atoms with Gasteiger partial charge in [0.15, 0.2) is 0 Å². The second kappa shape index (κ2) is 7.08. The van der Waals surface area contributed by atoms with Crippen molar-refractivity contribution in [3.05, 3.63) is 79.6 Å². The minimum absolute atomic E-state index is 0.220. The van der Waals surface area contributed by atoms with Crippen molar-refractivity contribution in [2.75, 3.05) is 0 Å². The molecule has 0 radical (unpaired) electrons. The fourth-order valence-corrected chi connectivity index (χ4v) is 2.61. The van der Waals surface area contributed by atoms with Crippen molar-refractivity contribution in [2.45, 2.75) is 0 Å². The molecule has 3 aromatic rings. The van der Waals surface area contributed by atoms with Gasteiger partial charge in [0.05, 0.1) is 0 Å². The first-order valence-electron chi connectivity index (χ1n) is 7.04. The molecule has 3 rings (SSSR count). The van der Waals surface area contributed by atoms with Gasteiger partial charge in [-0.15, -0.1) is 0 Å². The van der Waals surface area contributed by atoms with Gasteiger partial charge in [0.2, 0.25) is 0 Å². The van der Waals surface area contributed by atoms with E-state index in [0.717, 1.165) is 4.47 Å². The average Bonchev–Trinajstić information content (AvgIpc) is 2.59. The molecular weight excluding hydrogens is 412 g/mol. The molecule has 2 N–H and O–H groups in total. The molecule has 0 aliphatic carbocycles. The molecule has 0 unspecified atom stereocenters. The molecule has 1 aromatic heterocycles. The topological polar surface area (TPSA) is 88.4 Å². The normalized spacial score (nSPS) is 10.5. The number of rotatable bonds is 2. The van der Waals surface area contributed by atoms with E-state index in [4.69, 9.17) is 16.0 Å². The lowest BCUT2D eigenvalue weighted by molar-refractivity contribution is 0.0844. The maximum Gasteiger partial charge on any atom is 0.349 e. The summed E-state index contributed by atoms with van der Waals surface area (Å²) in [6.45, 7) is 0. The smallest absolute Gasteiger partial charge is 0.349 e. The number of hydrogen-bond donors (Lipinski definition) is 2. The number of halogens is 2. The third-order valence-corrected chi connectivity index (χ3v) is 4.08. The molecule has 0 fully saturated rings. The van der Waals surface area contributed by atoms with E-state index in [0.29, 0.717) is 21.6 Å². The van der Waals surface area contributed by atoms with Crippen LogP contribution in [-0.2, 0) is 0 Å². The molecule has 0 bridgehead atoms. The van der Waals surface area contributed by atoms with E-state index in [1.54, 1.807) is 30.3 Å². The Balaban J connectivity index is 1.78. The number of hydrogen-bond acceptors (Lipinski definition) is 4. The predicted molar refractivity (Wildman–Crippen MR) is 96.6 cm³/mol. The van der Waals surface area contributed by atoms with Gasteiger partial charge in [-0.2, -0.15) is 0 Å². The van der Waals surface area contributed by atoms with Crippen LogP contribution in [0, 0.1) is 0 Å². The van der Waals surface area contributed by atoms with Gasteiger partial charge in [0.1, 0.15) is 11.1 Å². The van der Waals surface area contributed by atoms with E-state index in [-0.39, 0.29) is 5.56 Å². The lowest BCUT2D eigenvalue weighted by atomic mass is 10.2. The molecule has 0 saturated carbocycles. The van der Waals surface area contributed by atoms with Gasteiger partial charge in [-0.05, 0) is 48.5 Å². The number of carbonyl (C=O) groups is 2. The molecular formula is C17H10BrClN2O4. The Morgan fingerprint density at radius 1 is 0.960 bits per heavy atom. The Hall–Kier alpha value is -2.64. The second-order valence-corrected chi connectivity index (χ2v) is 6.40. The fourth-order valence-electron chi connectivity index (χ4n) is 2.11. The van der Waals surface area contributed by atoms with Crippen LogP contribution >= 0.6 is 27.5 Å². The highest BCUT2D eigenvalue weighted by atomic mass is 79.9. The van der Waals surface area contributed by atoms with Crippen molar-refractivity contribution >= 4 is 50.3 Å². The predicted octanol–water partition coefficient (Wildman–Crippen LogP) is 3.28. The molecule has 126 valence electrons. The highest BCUT2D eigenvalue weighted by Crippen LogP contribution is 2.19. The van der Waals surface area contributed by atoms with Gasteiger partial charge in [-0.25, -0.2) is 4.79 Å². The summed E-state index contributed by atoms with van der Waals surface area (Å²) in [5.41, 5.74) is 4.06. The Morgan fingerprint density at radius 2 is 1.64 bits per heavy atom. The minimum atomic E-state index is -0.798. The summed E-state index contributed by atoms with van der Waals surface area (Å²) in [6, 6.07) is 12.6. The third kappa shape index (κ3) is 3.89. The van der Waals surface area contributed by atoms with Crippen LogP contribution in [0.4, 0.5) is 0 Å². The van der Waals surface area contributed by atoms with Crippen molar-refractivity contribution in [2.24, 2.45) is 0 Å². The largest absolute Gasteiger partial charge is 0.422 e. The zero-order valence-corrected chi connectivity index (χ0v) is 14.8. The van der Waals surface area contributed by atoms with E-state index < -0.39 is 17.4 Å². The lowest BCUT2D eigenvalue weighted by Gasteiger charge is -2.07. The van der Waals surface area contributed by atoms with Crippen LogP contribution in [0.3, 0.4) is 0 Å².